The Balaban J connectivity index is 1.99. The Morgan fingerprint density at radius 2 is 1.83 bits per heavy atom. The third kappa shape index (κ3) is 3.49. The highest BCUT2D eigenvalue weighted by molar-refractivity contribution is 5.42. The van der Waals surface area contributed by atoms with E-state index >= 15 is 0 Å². The molecule has 0 unspecified atom stereocenters. The van der Waals surface area contributed by atoms with Gasteiger partial charge in [0.05, 0.1) is 6.10 Å². The first-order valence-corrected chi connectivity index (χ1v) is 6.86. The van der Waals surface area contributed by atoms with Crippen molar-refractivity contribution in [3.8, 4) is 0 Å². The molecule has 0 spiro atoms. The summed E-state index contributed by atoms with van der Waals surface area (Å²) in [6, 6.07) is 10.3. The van der Waals surface area contributed by atoms with E-state index in [9.17, 15) is 5.11 Å². The number of aliphatic hydroxyl groups excluding tert-OH is 1. The van der Waals surface area contributed by atoms with Gasteiger partial charge in [-0.15, -0.1) is 0 Å². The molecule has 18 heavy (non-hydrogen) atoms. The van der Waals surface area contributed by atoms with Crippen molar-refractivity contribution >= 4 is 5.69 Å². The zero-order valence-corrected chi connectivity index (χ0v) is 11.7. The van der Waals surface area contributed by atoms with E-state index in [1.54, 1.807) is 0 Å². The summed E-state index contributed by atoms with van der Waals surface area (Å²) in [6.07, 6.45) is 2.83. The zero-order chi connectivity index (χ0) is 13.2. The lowest BCUT2D eigenvalue weighted by atomic mass is 9.63. The molecule has 2 atom stereocenters. The summed E-state index contributed by atoms with van der Waals surface area (Å²) < 4.78 is 0. The standard InChI is InChI=1S/C16H25NO/c1-15(2)9-14(18)10-16(3,11-15)12-17-13-7-5-4-6-8-13/h4-8,14,17-18H,9-12H2,1-3H3/t14-,16-/m0/s1. The van der Waals surface area contributed by atoms with Crippen molar-refractivity contribution in [2.45, 2.75) is 46.1 Å². The van der Waals surface area contributed by atoms with E-state index in [4.69, 9.17) is 0 Å². The van der Waals surface area contributed by atoms with Gasteiger partial charge in [-0.05, 0) is 42.2 Å². The van der Waals surface area contributed by atoms with E-state index in [0.717, 1.165) is 31.5 Å². The summed E-state index contributed by atoms with van der Waals surface area (Å²) in [7, 11) is 0. The van der Waals surface area contributed by atoms with Gasteiger partial charge in [-0.2, -0.15) is 0 Å². The van der Waals surface area contributed by atoms with Gasteiger partial charge in [-0.25, -0.2) is 0 Å². The highest BCUT2D eigenvalue weighted by Crippen LogP contribution is 2.46. The Morgan fingerprint density at radius 1 is 1.17 bits per heavy atom. The maximum absolute atomic E-state index is 10.0. The Bertz CT molecular complexity index is 387. The summed E-state index contributed by atoms with van der Waals surface area (Å²) in [5.74, 6) is 0. The Labute approximate surface area is 110 Å². The maximum atomic E-state index is 10.0. The van der Waals surface area contributed by atoms with Crippen LogP contribution < -0.4 is 5.32 Å². The molecule has 0 heterocycles. The first kappa shape index (κ1) is 13.4. The number of nitrogens with one attached hydrogen (secondary N) is 1. The molecular weight excluding hydrogens is 222 g/mol. The molecule has 0 amide bonds. The minimum absolute atomic E-state index is 0.156. The second kappa shape index (κ2) is 4.93. The molecular formula is C16H25NO. The number of aliphatic hydroxyl groups is 1. The van der Waals surface area contributed by atoms with E-state index in [1.807, 2.05) is 18.2 Å². The molecule has 1 aromatic carbocycles. The number of rotatable bonds is 3. The van der Waals surface area contributed by atoms with Crippen LogP contribution in [-0.2, 0) is 0 Å². The van der Waals surface area contributed by atoms with Gasteiger partial charge in [0.1, 0.15) is 0 Å². The van der Waals surface area contributed by atoms with Crippen molar-refractivity contribution < 1.29 is 5.11 Å². The number of anilines is 1. The van der Waals surface area contributed by atoms with Gasteiger partial charge in [-0.3, -0.25) is 0 Å². The van der Waals surface area contributed by atoms with Crippen molar-refractivity contribution in [2.75, 3.05) is 11.9 Å². The van der Waals surface area contributed by atoms with Gasteiger partial charge < -0.3 is 10.4 Å². The fraction of sp³-hybridized carbons (Fsp3) is 0.625. The first-order valence-electron chi connectivity index (χ1n) is 6.86. The van der Waals surface area contributed by atoms with Crippen LogP contribution in [0.2, 0.25) is 0 Å². The van der Waals surface area contributed by atoms with Crippen LogP contribution >= 0.6 is 0 Å². The molecule has 100 valence electrons. The molecule has 1 fully saturated rings. The summed E-state index contributed by atoms with van der Waals surface area (Å²) in [5.41, 5.74) is 1.58. The van der Waals surface area contributed by atoms with Crippen LogP contribution in [-0.4, -0.2) is 17.8 Å². The summed E-state index contributed by atoms with van der Waals surface area (Å²) in [4.78, 5) is 0. The van der Waals surface area contributed by atoms with E-state index in [2.05, 4.69) is 38.2 Å². The highest BCUT2D eigenvalue weighted by atomic mass is 16.3. The lowest BCUT2D eigenvalue weighted by molar-refractivity contribution is -0.00317. The van der Waals surface area contributed by atoms with E-state index in [-0.39, 0.29) is 16.9 Å². The molecule has 2 heteroatoms. The van der Waals surface area contributed by atoms with E-state index < -0.39 is 0 Å². The summed E-state index contributed by atoms with van der Waals surface area (Å²) in [6.45, 7) is 7.73. The summed E-state index contributed by atoms with van der Waals surface area (Å²) >= 11 is 0. The SMILES string of the molecule is CC1(C)C[C@H](O)C[C@](C)(CNc2ccccc2)C1. The number of para-hydroxylation sites is 1. The first-order chi connectivity index (χ1) is 8.39. The van der Waals surface area contributed by atoms with Gasteiger partial charge in [0.25, 0.3) is 0 Å². The van der Waals surface area contributed by atoms with Gasteiger partial charge >= 0.3 is 0 Å². The van der Waals surface area contributed by atoms with Gasteiger partial charge in [0.2, 0.25) is 0 Å². The molecule has 0 aromatic heterocycles. The van der Waals surface area contributed by atoms with Crippen LogP contribution in [0.5, 0.6) is 0 Å². The quantitative estimate of drug-likeness (QED) is 0.854. The third-order valence-corrected chi connectivity index (χ3v) is 3.92. The minimum atomic E-state index is -0.156. The Kier molecular flexibility index (Phi) is 3.67. The van der Waals surface area contributed by atoms with E-state index in [0.29, 0.717) is 0 Å². The molecule has 0 saturated heterocycles. The fourth-order valence-corrected chi connectivity index (χ4v) is 3.58. The normalized spacial score (nSPS) is 31.0. The van der Waals surface area contributed by atoms with Crippen LogP contribution in [0.3, 0.4) is 0 Å². The lowest BCUT2D eigenvalue weighted by Crippen LogP contribution is -2.42. The smallest absolute Gasteiger partial charge is 0.0551 e. The van der Waals surface area contributed by atoms with Crippen LogP contribution in [0.15, 0.2) is 30.3 Å². The summed E-state index contributed by atoms with van der Waals surface area (Å²) in [5, 5.41) is 13.6. The second-order valence-corrected chi connectivity index (χ2v) is 6.93. The van der Waals surface area contributed by atoms with Crippen molar-refractivity contribution in [3.05, 3.63) is 30.3 Å². The average molecular weight is 247 g/mol. The highest BCUT2D eigenvalue weighted by Gasteiger charge is 2.40. The zero-order valence-electron chi connectivity index (χ0n) is 11.7. The molecule has 0 bridgehead atoms. The molecule has 0 radical (unpaired) electrons. The Morgan fingerprint density at radius 3 is 2.44 bits per heavy atom. The number of benzene rings is 1. The largest absolute Gasteiger partial charge is 0.393 e. The Hall–Kier alpha value is -1.02. The van der Waals surface area contributed by atoms with Crippen LogP contribution in [0.1, 0.15) is 40.0 Å². The monoisotopic (exact) mass is 247 g/mol. The molecule has 1 aliphatic rings. The average Bonchev–Trinajstić information content (AvgIpc) is 2.24. The van der Waals surface area contributed by atoms with Crippen molar-refractivity contribution in [1.29, 1.82) is 0 Å². The predicted octanol–water partition coefficient (Wildman–Crippen LogP) is 3.68. The van der Waals surface area contributed by atoms with Crippen LogP contribution in [0.25, 0.3) is 0 Å². The maximum Gasteiger partial charge on any atom is 0.0551 e. The number of hydrogen-bond acceptors (Lipinski definition) is 2. The predicted molar refractivity (Wildman–Crippen MR) is 76.7 cm³/mol. The third-order valence-electron chi connectivity index (χ3n) is 3.92. The second-order valence-electron chi connectivity index (χ2n) is 6.93. The molecule has 2 nitrogen and oxygen atoms in total. The van der Waals surface area contributed by atoms with Crippen LogP contribution in [0, 0.1) is 10.8 Å². The molecule has 1 aliphatic carbocycles. The van der Waals surface area contributed by atoms with Crippen molar-refractivity contribution in [1.82, 2.24) is 0 Å². The number of hydrogen-bond donors (Lipinski definition) is 2. The topological polar surface area (TPSA) is 32.3 Å². The van der Waals surface area contributed by atoms with Crippen LogP contribution in [0.4, 0.5) is 5.69 Å². The van der Waals surface area contributed by atoms with Gasteiger partial charge in [0, 0.05) is 12.2 Å². The minimum Gasteiger partial charge on any atom is -0.393 e. The molecule has 2 rings (SSSR count). The lowest BCUT2D eigenvalue weighted by Gasteiger charge is -2.45. The van der Waals surface area contributed by atoms with Crippen molar-refractivity contribution in [3.63, 3.8) is 0 Å². The van der Waals surface area contributed by atoms with Gasteiger partial charge in [-0.1, -0.05) is 39.0 Å². The van der Waals surface area contributed by atoms with Crippen molar-refractivity contribution in [2.24, 2.45) is 10.8 Å². The molecule has 1 saturated carbocycles. The van der Waals surface area contributed by atoms with E-state index in [1.165, 1.54) is 0 Å². The molecule has 0 aliphatic heterocycles. The molecule has 2 N–H and O–H groups in total. The fourth-order valence-electron chi connectivity index (χ4n) is 3.58. The van der Waals surface area contributed by atoms with Gasteiger partial charge in [0.15, 0.2) is 0 Å². The molecule has 1 aromatic rings.